The minimum absolute atomic E-state index is 0.563. The average molecular weight is 280 g/mol. The Hall–Kier alpha value is -0.380. The zero-order valence-electron chi connectivity index (χ0n) is 12.6. The zero-order chi connectivity index (χ0) is 13.7. The molecule has 108 valence electrons. The molecule has 1 aromatic heterocycles. The van der Waals surface area contributed by atoms with E-state index < -0.39 is 0 Å². The van der Waals surface area contributed by atoms with Crippen molar-refractivity contribution in [1.29, 1.82) is 0 Å². The Bertz CT molecular complexity index is 369. The van der Waals surface area contributed by atoms with Gasteiger partial charge in [0, 0.05) is 28.4 Å². The van der Waals surface area contributed by atoms with E-state index in [1.54, 1.807) is 0 Å². The summed E-state index contributed by atoms with van der Waals surface area (Å²) in [6.07, 6.45) is 5.09. The molecule has 1 saturated heterocycles. The number of aryl methyl sites for hydroxylation is 1. The number of hydrogen-bond donors (Lipinski definition) is 1. The van der Waals surface area contributed by atoms with Crippen molar-refractivity contribution in [2.24, 2.45) is 0 Å². The largest absolute Gasteiger partial charge is 0.313 e. The van der Waals surface area contributed by atoms with Crippen LogP contribution in [0.25, 0.3) is 0 Å². The van der Waals surface area contributed by atoms with Crippen LogP contribution < -0.4 is 5.32 Å². The number of rotatable bonds is 7. The van der Waals surface area contributed by atoms with Crippen LogP contribution in [0.1, 0.15) is 55.8 Å². The molecule has 1 aromatic rings. The van der Waals surface area contributed by atoms with Gasteiger partial charge >= 0.3 is 0 Å². The van der Waals surface area contributed by atoms with E-state index in [4.69, 9.17) is 0 Å². The molecule has 1 fully saturated rings. The number of nitrogens with zero attached hydrogens (tertiary/aromatic N) is 1. The predicted molar refractivity (Wildman–Crippen MR) is 85.0 cm³/mol. The van der Waals surface area contributed by atoms with Crippen LogP contribution in [-0.4, -0.2) is 30.6 Å². The minimum Gasteiger partial charge on any atom is -0.313 e. The van der Waals surface area contributed by atoms with Gasteiger partial charge in [-0.2, -0.15) is 0 Å². The summed E-state index contributed by atoms with van der Waals surface area (Å²) >= 11 is 1.99. The minimum atomic E-state index is 0.563. The average Bonchev–Trinajstić information content (AvgIpc) is 3.08. The van der Waals surface area contributed by atoms with Crippen LogP contribution in [0.4, 0.5) is 0 Å². The first-order chi connectivity index (χ1) is 9.24. The fraction of sp³-hybridized carbons (Fsp3) is 0.750. The lowest BCUT2D eigenvalue weighted by molar-refractivity contribution is 0.195. The van der Waals surface area contributed by atoms with Crippen LogP contribution in [0.5, 0.6) is 0 Å². The fourth-order valence-electron chi connectivity index (χ4n) is 2.91. The van der Waals surface area contributed by atoms with Crippen molar-refractivity contribution >= 4 is 11.3 Å². The summed E-state index contributed by atoms with van der Waals surface area (Å²) in [5.41, 5.74) is 0. The van der Waals surface area contributed by atoms with Crippen molar-refractivity contribution in [2.75, 3.05) is 19.6 Å². The van der Waals surface area contributed by atoms with Crippen molar-refractivity contribution < 1.29 is 0 Å². The maximum Gasteiger partial charge on any atom is 0.0414 e. The molecule has 0 amide bonds. The van der Waals surface area contributed by atoms with Crippen molar-refractivity contribution in [3.8, 4) is 0 Å². The monoisotopic (exact) mass is 280 g/mol. The van der Waals surface area contributed by atoms with Gasteiger partial charge in [-0.05, 0) is 57.8 Å². The Balaban J connectivity index is 1.99. The highest BCUT2D eigenvalue weighted by Crippen LogP contribution is 2.28. The van der Waals surface area contributed by atoms with E-state index in [1.807, 2.05) is 11.3 Å². The third-order valence-electron chi connectivity index (χ3n) is 4.12. The molecule has 2 unspecified atom stereocenters. The highest BCUT2D eigenvalue weighted by Gasteiger charge is 2.22. The van der Waals surface area contributed by atoms with Crippen LogP contribution in [0.3, 0.4) is 0 Å². The van der Waals surface area contributed by atoms with Crippen molar-refractivity contribution in [1.82, 2.24) is 10.2 Å². The molecule has 0 aliphatic carbocycles. The molecule has 3 heteroatoms. The molecule has 0 aromatic carbocycles. The summed E-state index contributed by atoms with van der Waals surface area (Å²) in [7, 11) is 0. The third kappa shape index (κ3) is 4.04. The van der Waals surface area contributed by atoms with E-state index in [1.165, 1.54) is 48.7 Å². The molecule has 2 nitrogen and oxygen atoms in total. The standard InChI is InChI=1S/C16H28N2S/c1-4-11-18(12-14-7-6-10-17-14)13(3)16-9-8-15(5-2)19-16/h8-9,13-14,17H,4-7,10-12H2,1-3H3. The van der Waals surface area contributed by atoms with Crippen molar-refractivity contribution in [2.45, 2.75) is 58.5 Å². The summed E-state index contributed by atoms with van der Waals surface area (Å²) in [6.45, 7) is 10.5. The van der Waals surface area contributed by atoms with Crippen molar-refractivity contribution in [3.05, 3.63) is 21.9 Å². The van der Waals surface area contributed by atoms with Crippen LogP contribution in [0.15, 0.2) is 12.1 Å². The first-order valence-electron chi connectivity index (χ1n) is 7.80. The lowest BCUT2D eigenvalue weighted by atomic mass is 10.1. The first kappa shape index (κ1) is 15.0. The summed E-state index contributed by atoms with van der Waals surface area (Å²) < 4.78 is 0. The topological polar surface area (TPSA) is 15.3 Å². The van der Waals surface area contributed by atoms with Crippen LogP contribution >= 0.6 is 11.3 Å². The van der Waals surface area contributed by atoms with Gasteiger partial charge in [0.15, 0.2) is 0 Å². The quantitative estimate of drug-likeness (QED) is 0.816. The van der Waals surface area contributed by atoms with Gasteiger partial charge in [-0.15, -0.1) is 11.3 Å². The van der Waals surface area contributed by atoms with E-state index >= 15 is 0 Å². The van der Waals surface area contributed by atoms with E-state index in [0.29, 0.717) is 12.1 Å². The molecule has 1 aliphatic rings. The number of hydrogen-bond acceptors (Lipinski definition) is 3. The highest BCUT2D eigenvalue weighted by molar-refractivity contribution is 7.12. The normalized spacial score (nSPS) is 21.2. The Morgan fingerprint density at radius 1 is 1.42 bits per heavy atom. The second-order valence-corrected chi connectivity index (χ2v) is 6.82. The predicted octanol–water partition coefficient (Wildman–Crippen LogP) is 3.84. The van der Waals surface area contributed by atoms with Gasteiger partial charge < -0.3 is 5.32 Å². The van der Waals surface area contributed by atoms with Gasteiger partial charge in [0.2, 0.25) is 0 Å². The summed E-state index contributed by atoms with van der Waals surface area (Å²) in [5, 5.41) is 3.63. The molecule has 2 rings (SSSR count). The molecule has 1 aliphatic heterocycles. The third-order valence-corrected chi connectivity index (χ3v) is 5.52. The second kappa shape index (κ2) is 7.41. The highest BCUT2D eigenvalue weighted by atomic mass is 32.1. The summed E-state index contributed by atoms with van der Waals surface area (Å²) in [5.74, 6) is 0. The Morgan fingerprint density at radius 3 is 2.84 bits per heavy atom. The van der Waals surface area contributed by atoms with Gasteiger partial charge in [-0.1, -0.05) is 13.8 Å². The Kier molecular flexibility index (Phi) is 5.86. The molecular weight excluding hydrogens is 252 g/mol. The molecule has 1 N–H and O–H groups in total. The van der Waals surface area contributed by atoms with Crippen LogP contribution in [-0.2, 0) is 6.42 Å². The maximum absolute atomic E-state index is 3.63. The van der Waals surface area contributed by atoms with Gasteiger partial charge in [-0.3, -0.25) is 4.90 Å². The summed E-state index contributed by atoms with van der Waals surface area (Å²) in [4.78, 5) is 5.70. The first-order valence-corrected chi connectivity index (χ1v) is 8.62. The SMILES string of the molecule is CCCN(CC1CCCN1)C(C)c1ccc(CC)s1. The molecule has 0 spiro atoms. The van der Waals surface area contributed by atoms with Gasteiger partial charge in [-0.25, -0.2) is 0 Å². The van der Waals surface area contributed by atoms with Gasteiger partial charge in [0.1, 0.15) is 0 Å². The molecule has 0 bridgehead atoms. The Labute approximate surface area is 122 Å². The Morgan fingerprint density at radius 2 is 2.26 bits per heavy atom. The molecule has 0 saturated carbocycles. The molecule has 19 heavy (non-hydrogen) atoms. The smallest absolute Gasteiger partial charge is 0.0414 e. The van der Waals surface area contributed by atoms with Crippen LogP contribution in [0, 0.1) is 0 Å². The molecule has 2 heterocycles. The van der Waals surface area contributed by atoms with Gasteiger partial charge in [0.25, 0.3) is 0 Å². The van der Waals surface area contributed by atoms with Crippen LogP contribution in [0.2, 0.25) is 0 Å². The molecule has 0 radical (unpaired) electrons. The summed E-state index contributed by atoms with van der Waals surface area (Å²) in [6, 6.07) is 5.90. The number of thiophene rings is 1. The lowest BCUT2D eigenvalue weighted by Gasteiger charge is -2.30. The van der Waals surface area contributed by atoms with Gasteiger partial charge in [0.05, 0.1) is 0 Å². The van der Waals surface area contributed by atoms with Crippen molar-refractivity contribution in [3.63, 3.8) is 0 Å². The lowest BCUT2D eigenvalue weighted by Crippen LogP contribution is -2.39. The molecular formula is C16H28N2S. The zero-order valence-corrected chi connectivity index (χ0v) is 13.4. The van der Waals surface area contributed by atoms with E-state index in [-0.39, 0.29) is 0 Å². The number of nitrogens with one attached hydrogen (secondary N) is 1. The molecule has 2 atom stereocenters. The maximum atomic E-state index is 3.63. The van der Waals surface area contributed by atoms with E-state index in [0.717, 1.165) is 6.42 Å². The second-order valence-electron chi connectivity index (χ2n) is 5.62. The van der Waals surface area contributed by atoms with E-state index in [2.05, 4.69) is 43.1 Å². The van der Waals surface area contributed by atoms with E-state index in [9.17, 15) is 0 Å². The fourth-order valence-corrected chi connectivity index (χ4v) is 3.95.